The van der Waals surface area contributed by atoms with Gasteiger partial charge in [-0.3, -0.25) is 0 Å². The van der Waals surface area contributed by atoms with Gasteiger partial charge in [-0.25, -0.2) is 13.4 Å². The maximum absolute atomic E-state index is 11.1. The molecule has 7 nitrogen and oxygen atoms in total. The summed E-state index contributed by atoms with van der Waals surface area (Å²) < 4.78 is 33.2. The van der Waals surface area contributed by atoms with Crippen molar-refractivity contribution in [2.45, 2.75) is 4.90 Å². The molecule has 3 aromatic carbocycles. The molecule has 3 aromatic rings. The van der Waals surface area contributed by atoms with Gasteiger partial charge < -0.3 is 9.54 Å². The molecule has 0 radical (unpaired) electrons. The van der Waals surface area contributed by atoms with Crippen molar-refractivity contribution < 1.29 is 64.4 Å². The number of nitrogens with zero attached hydrogens (tertiary/aromatic N) is 3. The van der Waals surface area contributed by atoms with E-state index < -0.39 is 10.1 Å². The Labute approximate surface area is 214 Å². The fourth-order valence-corrected chi connectivity index (χ4v) is 3.80. The van der Waals surface area contributed by atoms with E-state index in [1.165, 1.54) is 24.3 Å². The largest absolute Gasteiger partial charge is 1.00 e. The summed E-state index contributed by atoms with van der Waals surface area (Å²) in [5, 5.41) is 10.5. The molecule has 9 heteroatoms. The minimum absolute atomic E-state index is 0. The van der Waals surface area contributed by atoms with Crippen LogP contribution in [0.4, 0.5) is 11.4 Å². The Hall–Kier alpha value is -1.98. The molecule has 0 saturated carbocycles. The molecule has 0 unspecified atom stereocenters. The molecule has 0 bridgehead atoms. The Morgan fingerprint density at radius 2 is 1.50 bits per heavy atom. The van der Waals surface area contributed by atoms with Crippen LogP contribution in [0, 0.1) is 0 Å². The topological polar surface area (TPSA) is 111 Å². The molecule has 0 saturated heterocycles. The van der Waals surface area contributed by atoms with E-state index in [-0.39, 0.29) is 56.3 Å². The van der Waals surface area contributed by atoms with Gasteiger partial charge in [-0.1, -0.05) is 36.4 Å². The summed E-state index contributed by atoms with van der Waals surface area (Å²) in [5.41, 5.74) is 4.40. The average molecular weight is 441 g/mol. The van der Waals surface area contributed by atoms with Crippen molar-refractivity contribution in [3.8, 4) is 11.4 Å². The fourth-order valence-electron chi connectivity index (χ4n) is 3.34. The molecule has 1 aliphatic heterocycles. The molecule has 1 N–H and O–H groups in total. The number of nitrogens with one attached hydrogen (secondary N) is 1. The normalized spacial score (nSPS) is 12.0. The number of H-pyrrole nitrogens is 1. The summed E-state index contributed by atoms with van der Waals surface area (Å²) in [5.74, 6) is 0. The number of aromatic amines is 1. The van der Waals surface area contributed by atoms with Gasteiger partial charge in [-0.05, 0) is 36.4 Å². The predicted molar refractivity (Wildman–Crippen MR) is 109 cm³/mol. The number of azo groups is 1. The molecule has 0 atom stereocenters. The van der Waals surface area contributed by atoms with E-state index in [9.17, 15) is 13.0 Å². The summed E-state index contributed by atoms with van der Waals surface area (Å²) in [6.45, 7) is 0. The Bertz CT molecular complexity index is 1480. The van der Waals surface area contributed by atoms with Crippen LogP contribution in [0.25, 0.3) is 33.2 Å². The average Bonchev–Trinajstić information content (AvgIpc) is 3.03. The third-order valence-corrected chi connectivity index (χ3v) is 5.55. The Morgan fingerprint density at radius 3 is 2.23 bits per heavy atom. The van der Waals surface area contributed by atoms with Crippen LogP contribution in [-0.4, -0.2) is 22.9 Å². The summed E-state index contributed by atoms with van der Waals surface area (Å²) >= 11 is 0. The van der Waals surface area contributed by atoms with Gasteiger partial charge in [0.1, 0.15) is 15.8 Å². The zero-order valence-electron chi connectivity index (χ0n) is 15.9. The van der Waals surface area contributed by atoms with Crippen LogP contribution in [0.15, 0.2) is 87.9 Å². The molecule has 0 spiro atoms. The van der Waals surface area contributed by atoms with Crippen molar-refractivity contribution >= 4 is 43.3 Å². The van der Waals surface area contributed by atoms with E-state index in [1.54, 1.807) is 0 Å². The van der Waals surface area contributed by atoms with E-state index in [1.807, 2.05) is 48.5 Å². The third kappa shape index (κ3) is 3.85. The Balaban J connectivity index is 0.00000218. The second kappa shape index (κ2) is 8.27. The Morgan fingerprint density at radius 1 is 0.833 bits per heavy atom. The molecule has 2 aliphatic rings. The fraction of sp³-hybridized carbons (Fsp3) is 0. The van der Waals surface area contributed by atoms with Gasteiger partial charge in [-0.2, -0.15) is 5.11 Å². The first kappa shape index (κ1) is 21.3. The van der Waals surface area contributed by atoms with E-state index in [4.69, 9.17) is 4.98 Å². The van der Waals surface area contributed by atoms with Crippen molar-refractivity contribution in [2.75, 3.05) is 0 Å². The van der Waals surface area contributed by atoms with Crippen molar-refractivity contribution in [1.82, 2.24) is 9.97 Å². The molecule has 142 valence electrons. The van der Waals surface area contributed by atoms with Gasteiger partial charge in [0.25, 0.3) is 0 Å². The molecule has 0 aromatic heterocycles. The van der Waals surface area contributed by atoms with E-state index in [0.29, 0.717) is 11.4 Å². The minimum Gasteiger partial charge on any atom is -0.744 e. The summed E-state index contributed by atoms with van der Waals surface area (Å²) in [6.07, 6.45) is 0. The summed E-state index contributed by atoms with van der Waals surface area (Å²) in [6, 6.07) is 20.9. The first-order valence-corrected chi connectivity index (χ1v) is 10.2. The van der Waals surface area contributed by atoms with Crippen LogP contribution in [0.1, 0.15) is 0 Å². The van der Waals surface area contributed by atoms with Crippen LogP contribution < -0.4 is 51.4 Å². The molecular formula is C21H13KN4O3S. The zero-order valence-corrected chi connectivity index (χ0v) is 19.8. The SMILES string of the molecule is O=S(=O)([O-])c1ccc(N=Nc2c3[nH]c4ccccc4nc-3c3ccccc23)cc1.[K+]. The van der Waals surface area contributed by atoms with Crippen molar-refractivity contribution in [1.29, 1.82) is 0 Å². The number of hydrogen-bond acceptors (Lipinski definition) is 6. The predicted octanol–water partition coefficient (Wildman–Crippen LogP) is 2.14. The second-order valence-corrected chi connectivity index (χ2v) is 7.90. The number of aromatic nitrogens is 2. The van der Waals surface area contributed by atoms with Gasteiger partial charge in [0.05, 0.1) is 33.0 Å². The maximum Gasteiger partial charge on any atom is 1.00 e. The van der Waals surface area contributed by atoms with Gasteiger partial charge in [0.2, 0.25) is 0 Å². The monoisotopic (exact) mass is 440 g/mol. The van der Waals surface area contributed by atoms with Gasteiger partial charge in [0, 0.05) is 10.8 Å². The standard InChI is InChI=1S/C21H14N4O3S.K/c26-29(27,28)14-11-9-13(10-12-14)24-25-20-16-6-2-1-5-15(16)19-21(20)23-18-8-4-3-7-17(18)22-19;/h1-12,23H,(H,26,27,28);/q;+1/p-1. The smallest absolute Gasteiger partial charge is 0.744 e. The van der Waals surface area contributed by atoms with Crippen LogP contribution in [0.3, 0.4) is 0 Å². The van der Waals surface area contributed by atoms with Crippen LogP contribution in [0.2, 0.25) is 0 Å². The van der Waals surface area contributed by atoms with Crippen molar-refractivity contribution in [3.63, 3.8) is 0 Å². The number of benzene rings is 3. The van der Waals surface area contributed by atoms with Crippen LogP contribution in [0.5, 0.6) is 0 Å². The molecular weight excluding hydrogens is 427 g/mol. The van der Waals surface area contributed by atoms with Crippen LogP contribution in [-0.2, 0) is 10.1 Å². The number of fused-ring (bicyclic) bond motifs is 4. The van der Waals surface area contributed by atoms with Crippen molar-refractivity contribution in [3.05, 3.63) is 72.8 Å². The third-order valence-electron chi connectivity index (χ3n) is 4.70. The van der Waals surface area contributed by atoms with Gasteiger partial charge in [-0.15, -0.1) is 5.11 Å². The van der Waals surface area contributed by atoms with Crippen LogP contribution >= 0.6 is 0 Å². The van der Waals surface area contributed by atoms with E-state index in [2.05, 4.69) is 15.2 Å². The van der Waals surface area contributed by atoms with Gasteiger partial charge >= 0.3 is 51.4 Å². The second-order valence-electron chi connectivity index (χ2n) is 6.52. The molecule has 30 heavy (non-hydrogen) atoms. The molecule has 0 fully saturated rings. The first-order valence-electron chi connectivity index (χ1n) is 8.77. The first-order chi connectivity index (χ1) is 14.0. The quantitative estimate of drug-likeness (QED) is 0.263. The molecule has 1 aliphatic carbocycles. The minimum atomic E-state index is -4.49. The zero-order chi connectivity index (χ0) is 20.0. The van der Waals surface area contributed by atoms with E-state index in [0.717, 1.165) is 33.2 Å². The summed E-state index contributed by atoms with van der Waals surface area (Å²) in [7, 11) is -4.49. The maximum atomic E-state index is 11.1. The number of hydrogen-bond donors (Lipinski definition) is 1. The van der Waals surface area contributed by atoms with Crippen molar-refractivity contribution in [2.24, 2.45) is 10.2 Å². The molecule has 0 amide bonds. The summed E-state index contributed by atoms with van der Waals surface area (Å²) in [4.78, 5) is 7.88. The molecule has 5 rings (SSSR count). The number of para-hydroxylation sites is 2. The Kier molecular flexibility index (Phi) is 5.86. The molecule has 1 heterocycles. The van der Waals surface area contributed by atoms with Gasteiger partial charge in [0.15, 0.2) is 0 Å². The van der Waals surface area contributed by atoms with E-state index >= 15 is 0 Å². The number of rotatable bonds is 3.